The van der Waals surface area contributed by atoms with E-state index in [9.17, 15) is 14.1 Å². The van der Waals surface area contributed by atoms with E-state index in [2.05, 4.69) is 10.5 Å². The number of nitroso groups, excluding NO2 is 1. The Morgan fingerprint density at radius 3 is 2.75 bits per heavy atom. The van der Waals surface area contributed by atoms with Gasteiger partial charge in [-0.05, 0) is 30.7 Å². The molecular weight excluding hydrogens is 267 g/mol. The number of rotatable bonds is 7. The van der Waals surface area contributed by atoms with Crippen LogP contribution in [-0.4, -0.2) is 32.8 Å². The maximum atomic E-state index is 13.8. The Morgan fingerprint density at radius 2 is 2.20 bits per heavy atom. The Kier molecular flexibility index (Phi) is 6.05. The van der Waals surface area contributed by atoms with Crippen molar-refractivity contribution in [3.05, 3.63) is 27.9 Å². The number of halogens is 1. The molecule has 1 aromatic rings. The fourth-order valence-electron chi connectivity index (χ4n) is 1.74. The highest BCUT2D eigenvalue weighted by atomic mass is 19.1. The third-order valence-electron chi connectivity index (χ3n) is 2.71. The number of anilines is 1. The molecule has 0 heterocycles. The molecule has 0 aliphatic heterocycles. The quantitative estimate of drug-likeness (QED) is 0.473. The molecule has 7 heteroatoms. The predicted octanol–water partition coefficient (Wildman–Crippen LogP) is 2.77. The molecule has 1 N–H and O–H groups in total. The van der Waals surface area contributed by atoms with Gasteiger partial charge in [0, 0.05) is 13.7 Å². The number of hydrogen-bond acceptors (Lipinski definition) is 6. The van der Waals surface area contributed by atoms with Crippen LogP contribution in [0.3, 0.4) is 0 Å². The SMILES string of the molecule is CCOC(=O)c1cc(F)c(N=O)c(NCCOC)c1C. The zero-order valence-corrected chi connectivity index (χ0v) is 11.7. The third kappa shape index (κ3) is 3.51. The Bertz CT molecular complexity index is 506. The molecule has 0 aliphatic carbocycles. The van der Waals surface area contributed by atoms with E-state index in [-0.39, 0.29) is 23.5 Å². The molecule has 0 radical (unpaired) electrons. The molecule has 6 nitrogen and oxygen atoms in total. The minimum atomic E-state index is -0.867. The number of nitrogens with zero attached hydrogens (tertiary/aromatic N) is 1. The molecule has 0 aliphatic rings. The lowest BCUT2D eigenvalue weighted by molar-refractivity contribution is 0.0525. The van der Waals surface area contributed by atoms with Crippen molar-refractivity contribution in [3.63, 3.8) is 0 Å². The highest BCUT2D eigenvalue weighted by Gasteiger charge is 2.21. The molecular formula is C13H17FN2O4. The normalized spacial score (nSPS) is 10.2. The van der Waals surface area contributed by atoms with Crippen molar-refractivity contribution < 1.29 is 18.7 Å². The minimum absolute atomic E-state index is 0.0664. The van der Waals surface area contributed by atoms with Crippen molar-refractivity contribution in [1.29, 1.82) is 0 Å². The molecule has 110 valence electrons. The first-order valence-electron chi connectivity index (χ1n) is 6.13. The lowest BCUT2D eigenvalue weighted by Crippen LogP contribution is -2.13. The number of benzene rings is 1. The van der Waals surface area contributed by atoms with E-state index in [1.54, 1.807) is 13.8 Å². The second-order valence-corrected chi connectivity index (χ2v) is 3.99. The number of methoxy groups -OCH3 is 1. The summed E-state index contributed by atoms with van der Waals surface area (Å²) in [5, 5.41) is 5.52. The molecule has 0 saturated carbocycles. The number of carbonyl (C=O) groups is 1. The van der Waals surface area contributed by atoms with E-state index >= 15 is 0 Å². The smallest absolute Gasteiger partial charge is 0.338 e. The van der Waals surface area contributed by atoms with Crippen molar-refractivity contribution in [3.8, 4) is 0 Å². The van der Waals surface area contributed by atoms with E-state index in [1.165, 1.54) is 7.11 Å². The highest BCUT2D eigenvalue weighted by molar-refractivity contribution is 5.94. The van der Waals surface area contributed by atoms with Gasteiger partial charge in [-0.1, -0.05) is 0 Å². The standard InChI is InChI=1S/C13H17FN2O4/c1-4-20-13(17)9-7-10(14)12(16-18)11(8(9)2)15-5-6-19-3/h7,15H,4-6H2,1-3H3. The summed E-state index contributed by atoms with van der Waals surface area (Å²) >= 11 is 0. The summed E-state index contributed by atoms with van der Waals surface area (Å²) in [5.41, 5.74) is 0.305. The van der Waals surface area contributed by atoms with E-state index in [0.717, 1.165) is 6.07 Å². The van der Waals surface area contributed by atoms with E-state index in [1.807, 2.05) is 0 Å². The van der Waals surface area contributed by atoms with E-state index in [4.69, 9.17) is 9.47 Å². The van der Waals surface area contributed by atoms with Gasteiger partial charge in [0.2, 0.25) is 0 Å². The van der Waals surface area contributed by atoms with Gasteiger partial charge in [-0.15, -0.1) is 4.91 Å². The van der Waals surface area contributed by atoms with Crippen LogP contribution in [0, 0.1) is 17.6 Å². The van der Waals surface area contributed by atoms with Crippen LogP contribution in [-0.2, 0) is 9.47 Å². The molecule has 0 atom stereocenters. The maximum Gasteiger partial charge on any atom is 0.338 e. The van der Waals surface area contributed by atoms with Crippen LogP contribution >= 0.6 is 0 Å². The maximum absolute atomic E-state index is 13.8. The van der Waals surface area contributed by atoms with E-state index < -0.39 is 11.8 Å². The molecule has 1 rings (SSSR count). The van der Waals surface area contributed by atoms with Crippen LogP contribution in [0.2, 0.25) is 0 Å². The number of carbonyl (C=O) groups excluding carboxylic acids is 1. The number of esters is 1. The van der Waals surface area contributed by atoms with Crippen LogP contribution in [0.15, 0.2) is 11.2 Å². The second-order valence-electron chi connectivity index (χ2n) is 3.99. The fourth-order valence-corrected chi connectivity index (χ4v) is 1.74. The van der Waals surface area contributed by atoms with Crippen molar-refractivity contribution in [2.45, 2.75) is 13.8 Å². The Balaban J connectivity index is 3.23. The molecule has 1 aromatic carbocycles. The summed E-state index contributed by atoms with van der Waals surface area (Å²) in [6.45, 7) is 4.15. The molecule has 0 saturated heterocycles. The zero-order valence-electron chi connectivity index (χ0n) is 11.7. The number of hydrogen-bond donors (Lipinski definition) is 1. The number of ether oxygens (including phenoxy) is 2. The van der Waals surface area contributed by atoms with Gasteiger partial charge in [0.1, 0.15) is 0 Å². The van der Waals surface area contributed by atoms with Gasteiger partial charge >= 0.3 is 5.97 Å². The Morgan fingerprint density at radius 1 is 1.50 bits per heavy atom. The van der Waals surface area contributed by atoms with Gasteiger partial charge in [-0.3, -0.25) is 0 Å². The summed E-state index contributed by atoms with van der Waals surface area (Å²) in [5.74, 6) is -1.51. The molecule has 20 heavy (non-hydrogen) atoms. The van der Waals surface area contributed by atoms with Gasteiger partial charge in [0.05, 0.1) is 24.5 Å². The van der Waals surface area contributed by atoms with Crippen LogP contribution in [0.1, 0.15) is 22.8 Å². The van der Waals surface area contributed by atoms with Crippen molar-refractivity contribution in [2.75, 3.05) is 32.2 Å². The van der Waals surface area contributed by atoms with Gasteiger partial charge in [0.15, 0.2) is 11.5 Å². The summed E-state index contributed by atoms with van der Waals surface area (Å²) in [7, 11) is 1.52. The monoisotopic (exact) mass is 284 g/mol. The second kappa shape index (κ2) is 7.54. The zero-order chi connectivity index (χ0) is 15.1. The topological polar surface area (TPSA) is 77.0 Å². The van der Waals surface area contributed by atoms with Crippen LogP contribution in [0.5, 0.6) is 0 Å². The average molecular weight is 284 g/mol. The lowest BCUT2D eigenvalue weighted by atomic mass is 10.0. The van der Waals surface area contributed by atoms with Crippen LogP contribution in [0.4, 0.5) is 15.8 Å². The van der Waals surface area contributed by atoms with Gasteiger partial charge < -0.3 is 14.8 Å². The van der Waals surface area contributed by atoms with Crippen LogP contribution in [0.25, 0.3) is 0 Å². The summed E-state index contributed by atoms with van der Waals surface area (Å²) < 4.78 is 23.5. The molecule has 0 spiro atoms. The predicted molar refractivity (Wildman–Crippen MR) is 72.9 cm³/mol. The Hall–Kier alpha value is -2.02. The summed E-state index contributed by atoms with van der Waals surface area (Å²) in [6, 6.07) is 0.964. The van der Waals surface area contributed by atoms with Gasteiger partial charge in [-0.2, -0.15) is 0 Å². The van der Waals surface area contributed by atoms with Gasteiger partial charge in [-0.25, -0.2) is 9.18 Å². The summed E-state index contributed by atoms with van der Waals surface area (Å²) in [6.07, 6.45) is 0. The molecule has 0 bridgehead atoms. The fraction of sp³-hybridized carbons (Fsp3) is 0.462. The van der Waals surface area contributed by atoms with E-state index in [0.29, 0.717) is 18.7 Å². The van der Waals surface area contributed by atoms with Crippen molar-refractivity contribution in [1.82, 2.24) is 0 Å². The van der Waals surface area contributed by atoms with Gasteiger partial charge in [0.25, 0.3) is 0 Å². The highest BCUT2D eigenvalue weighted by Crippen LogP contribution is 2.34. The first kappa shape index (κ1) is 16.0. The number of nitrogens with one attached hydrogen (secondary N) is 1. The molecule has 0 aromatic heterocycles. The van der Waals surface area contributed by atoms with Crippen LogP contribution < -0.4 is 5.32 Å². The summed E-state index contributed by atoms with van der Waals surface area (Å²) in [4.78, 5) is 22.5. The first-order chi connectivity index (χ1) is 9.56. The molecule has 0 fully saturated rings. The van der Waals surface area contributed by atoms with Crippen molar-refractivity contribution >= 4 is 17.3 Å². The average Bonchev–Trinajstić information content (AvgIpc) is 2.42. The molecule has 0 unspecified atom stereocenters. The lowest BCUT2D eigenvalue weighted by Gasteiger charge is -2.14. The largest absolute Gasteiger partial charge is 0.462 e. The Labute approximate surface area is 116 Å². The first-order valence-corrected chi connectivity index (χ1v) is 6.13. The molecule has 0 amide bonds. The van der Waals surface area contributed by atoms with Crippen molar-refractivity contribution in [2.24, 2.45) is 5.18 Å². The third-order valence-corrected chi connectivity index (χ3v) is 2.71. The minimum Gasteiger partial charge on any atom is -0.462 e.